The number of rotatable bonds is 7. The van der Waals surface area contributed by atoms with E-state index in [1.54, 1.807) is 0 Å². The van der Waals surface area contributed by atoms with Crippen LogP contribution in [0.2, 0.25) is 0 Å². The number of nitrogens with zero attached hydrogens (tertiary/aromatic N) is 2. The van der Waals surface area contributed by atoms with Crippen molar-refractivity contribution in [1.29, 1.82) is 0 Å². The Balaban J connectivity index is 1.15. The van der Waals surface area contributed by atoms with Crippen LogP contribution in [0.25, 0.3) is 71.6 Å². The zero-order chi connectivity index (χ0) is 35.8. The quantitative estimate of drug-likeness (QED) is 0.162. The second kappa shape index (κ2) is 13.4. The van der Waals surface area contributed by atoms with Crippen LogP contribution in [-0.2, 0) is 0 Å². The Labute approximate surface area is 315 Å². The SMILES string of the molecule is c1ccc(-c2ccc(N(c3ccc(-c4ccccc4)cc3)c3ccc(-c4ccccc4-n4c5ccccc5c5ccccc54)c4ccccc34)cc2)cc1. The Bertz CT molecular complexity index is 2770. The Hall–Kier alpha value is -7.16. The molecule has 0 fully saturated rings. The maximum Gasteiger partial charge on any atom is 0.0541 e. The van der Waals surface area contributed by atoms with E-state index < -0.39 is 0 Å². The zero-order valence-electron chi connectivity index (χ0n) is 29.7. The molecule has 0 aliphatic rings. The third-order valence-electron chi connectivity index (χ3n) is 10.6. The van der Waals surface area contributed by atoms with Crippen LogP contribution in [0.4, 0.5) is 17.1 Å². The van der Waals surface area contributed by atoms with Crippen molar-refractivity contribution in [3.63, 3.8) is 0 Å². The minimum Gasteiger partial charge on any atom is -0.310 e. The standard InChI is InChI=1S/C52H36N2/c1-3-15-37(16-4-1)39-27-31-41(32-28-39)53(42-33-29-40(30-34-42)38-17-5-2-6-18-38)52-36-35-44(43-19-7-8-20-45(43)52)46-21-9-12-24-49(46)54-50-25-13-10-22-47(50)48-23-11-14-26-51(48)54/h1-36H. The second-order valence-corrected chi connectivity index (χ2v) is 13.7. The highest BCUT2D eigenvalue weighted by atomic mass is 15.1. The van der Waals surface area contributed by atoms with E-state index in [2.05, 4.69) is 228 Å². The van der Waals surface area contributed by atoms with Crippen molar-refractivity contribution in [3.05, 3.63) is 218 Å². The van der Waals surface area contributed by atoms with E-state index >= 15 is 0 Å². The van der Waals surface area contributed by atoms with Crippen LogP contribution in [0.15, 0.2) is 218 Å². The predicted octanol–water partition coefficient (Wildman–Crippen LogP) is 14.4. The summed E-state index contributed by atoms with van der Waals surface area (Å²) in [4.78, 5) is 2.40. The molecule has 0 amide bonds. The Kier molecular flexibility index (Phi) is 7.85. The first-order chi connectivity index (χ1) is 26.8. The van der Waals surface area contributed by atoms with Crippen LogP contribution in [-0.4, -0.2) is 4.57 Å². The van der Waals surface area contributed by atoms with Crippen molar-refractivity contribution in [1.82, 2.24) is 4.57 Å². The molecule has 10 aromatic rings. The highest BCUT2D eigenvalue weighted by molar-refractivity contribution is 6.11. The average Bonchev–Trinajstić information content (AvgIpc) is 3.59. The molecule has 254 valence electrons. The molecule has 0 bridgehead atoms. The number of benzene rings is 9. The topological polar surface area (TPSA) is 8.17 Å². The largest absolute Gasteiger partial charge is 0.310 e. The molecule has 0 unspecified atom stereocenters. The van der Waals surface area contributed by atoms with E-state index in [9.17, 15) is 0 Å². The first-order valence-corrected chi connectivity index (χ1v) is 18.5. The minimum atomic E-state index is 1.10. The molecule has 9 aromatic carbocycles. The summed E-state index contributed by atoms with van der Waals surface area (Å²) in [7, 11) is 0. The summed E-state index contributed by atoms with van der Waals surface area (Å²) in [5.74, 6) is 0. The molecule has 2 heteroatoms. The van der Waals surface area contributed by atoms with Gasteiger partial charge in [0.15, 0.2) is 0 Å². The number of hydrogen-bond acceptors (Lipinski definition) is 1. The smallest absolute Gasteiger partial charge is 0.0541 e. The van der Waals surface area contributed by atoms with Gasteiger partial charge in [-0.25, -0.2) is 0 Å². The lowest BCUT2D eigenvalue weighted by atomic mass is 9.95. The number of para-hydroxylation sites is 3. The van der Waals surface area contributed by atoms with Gasteiger partial charge in [-0.05, 0) is 81.7 Å². The summed E-state index contributed by atoms with van der Waals surface area (Å²) in [5, 5.41) is 4.91. The molecule has 0 radical (unpaired) electrons. The Morgan fingerprint density at radius 2 is 0.704 bits per heavy atom. The van der Waals surface area contributed by atoms with Crippen LogP contribution in [0.1, 0.15) is 0 Å². The van der Waals surface area contributed by atoms with Gasteiger partial charge in [-0.2, -0.15) is 0 Å². The fourth-order valence-corrected chi connectivity index (χ4v) is 8.09. The van der Waals surface area contributed by atoms with Crippen molar-refractivity contribution >= 4 is 49.6 Å². The lowest BCUT2D eigenvalue weighted by Crippen LogP contribution is -2.10. The van der Waals surface area contributed by atoms with E-state index in [-0.39, 0.29) is 0 Å². The van der Waals surface area contributed by atoms with Gasteiger partial charge in [0, 0.05) is 33.1 Å². The van der Waals surface area contributed by atoms with Gasteiger partial charge in [0.2, 0.25) is 0 Å². The van der Waals surface area contributed by atoms with Gasteiger partial charge in [-0.1, -0.05) is 170 Å². The molecular weight excluding hydrogens is 653 g/mol. The molecule has 0 saturated carbocycles. The maximum atomic E-state index is 2.43. The third-order valence-corrected chi connectivity index (χ3v) is 10.6. The summed E-state index contributed by atoms with van der Waals surface area (Å²) in [6.07, 6.45) is 0. The lowest BCUT2D eigenvalue weighted by Gasteiger charge is -2.28. The first-order valence-electron chi connectivity index (χ1n) is 18.5. The van der Waals surface area contributed by atoms with Gasteiger partial charge >= 0.3 is 0 Å². The minimum absolute atomic E-state index is 1.10. The van der Waals surface area contributed by atoms with Crippen LogP contribution in [0, 0.1) is 0 Å². The maximum absolute atomic E-state index is 2.43. The van der Waals surface area contributed by atoms with Gasteiger partial charge in [-0.3, -0.25) is 0 Å². The normalized spacial score (nSPS) is 11.3. The Morgan fingerprint density at radius 1 is 0.278 bits per heavy atom. The molecule has 10 rings (SSSR count). The zero-order valence-corrected chi connectivity index (χ0v) is 29.7. The Morgan fingerprint density at radius 3 is 1.26 bits per heavy atom. The molecule has 0 aliphatic heterocycles. The lowest BCUT2D eigenvalue weighted by molar-refractivity contribution is 1.18. The number of hydrogen-bond donors (Lipinski definition) is 0. The fraction of sp³-hybridized carbons (Fsp3) is 0. The third kappa shape index (κ3) is 5.44. The molecule has 2 nitrogen and oxygen atoms in total. The first kappa shape index (κ1) is 31.6. The summed E-state index contributed by atoms with van der Waals surface area (Å²) in [6.45, 7) is 0. The van der Waals surface area contributed by atoms with Crippen LogP contribution in [0.3, 0.4) is 0 Å². The van der Waals surface area contributed by atoms with Crippen molar-refractivity contribution in [2.45, 2.75) is 0 Å². The highest BCUT2D eigenvalue weighted by Gasteiger charge is 2.20. The molecule has 0 saturated heterocycles. The summed E-state index contributed by atoms with van der Waals surface area (Å²) in [6, 6.07) is 78.8. The molecule has 0 aliphatic carbocycles. The summed E-state index contributed by atoms with van der Waals surface area (Å²) >= 11 is 0. The molecule has 54 heavy (non-hydrogen) atoms. The molecule has 0 spiro atoms. The van der Waals surface area contributed by atoms with Gasteiger partial charge in [0.1, 0.15) is 0 Å². The van der Waals surface area contributed by atoms with E-state index in [1.807, 2.05) is 0 Å². The number of anilines is 3. The van der Waals surface area contributed by atoms with E-state index in [0.29, 0.717) is 0 Å². The average molecular weight is 689 g/mol. The van der Waals surface area contributed by atoms with Crippen molar-refractivity contribution in [2.75, 3.05) is 4.90 Å². The molecule has 1 aromatic heterocycles. The van der Waals surface area contributed by atoms with Crippen LogP contribution >= 0.6 is 0 Å². The molecule has 1 heterocycles. The molecule has 0 atom stereocenters. The fourth-order valence-electron chi connectivity index (χ4n) is 8.09. The van der Waals surface area contributed by atoms with Gasteiger partial charge in [0.25, 0.3) is 0 Å². The van der Waals surface area contributed by atoms with E-state index in [4.69, 9.17) is 0 Å². The molecule has 0 N–H and O–H groups in total. The molecular formula is C52H36N2. The van der Waals surface area contributed by atoms with Crippen molar-refractivity contribution in [2.24, 2.45) is 0 Å². The van der Waals surface area contributed by atoms with Crippen molar-refractivity contribution in [3.8, 4) is 39.1 Å². The number of aromatic nitrogens is 1. The predicted molar refractivity (Wildman–Crippen MR) is 229 cm³/mol. The van der Waals surface area contributed by atoms with Crippen LogP contribution < -0.4 is 4.90 Å². The van der Waals surface area contributed by atoms with Gasteiger partial charge < -0.3 is 9.47 Å². The highest BCUT2D eigenvalue weighted by Crippen LogP contribution is 2.44. The van der Waals surface area contributed by atoms with E-state index in [0.717, 1.165) is 22.7 Å². The summed E-state index contributed by atoms with van der Waals surface area (Å²) < 4.78 is 2.43. The second-order valence-electron chi connectivity index (χ2n) is 13.7. The van der Waals surface area contributed by atoms with Gasteiger partial charge in [-0.15, -0.1) is 0 Å². The van der Waals surface area contributed by atoms with E-state index in [1.165, 1.54) is 66.0 Å². The summed E-state index contributed by atoms with van der Waals surface area (Å²) in [5.41, 5.74) is 14.1. The monoisotopic (exact) mass is 688 g/mol. The number of fused-ring (bicyclic) bond motifs is 4. The van der Waals surface area contributed by atoms with Gasteiger partial charge in [0.05, 0.1) is 22.4 Å². The van der Waals surface area contributed by atoms with Crippen LogP contribution in [0.5, 0.6) is 0 Å². The van der Waals surface area contributed by atoms with Crippen molar-refractivity contribution < 1.29 is 0 Å².